The van der Waals surface area contributed by atoms with Gasteiger partial charge in [-0.25, -0.2) is 6.08 Å². The summed E-state index contributed by atoms with van der Waals surface area (Å²) in [4.78, 5) is 0. The van der Waals surface area contributed by atoms with E-state index in [-0.39, 0.29) is 63.2 Å². The third-order valence-corrected chi connectivity index (χ3v) is 2.47. The summed E-state index contributed by atoms with van der Waals surface area (Å²) in [5, 5.41) is 0. The van der Waals surface area contributed by atoms with Crippen LogP contribution in [0.5, 0.6) is 0 Å². The Kier molecular flexibility index (Phi) is 18.1. The van der Waals surface area contributed by atoms with Gasteiger partial charge in [0.25, 0.3) is 0 Å². The quantitative estimate of drug-likeness (QED) is 0.617. The van der Waals surface area contributed by atoms with E-state index in [9.17, 15) is 0 Å². The summed E-state index contributed by atoms with van der Waals surface area (Å²) in [6.45, 7) is 4.32. The SMILES string of the molecule is Cc1cccc(C)c1C1=CC[C-]=C1.Cl.Cl.Cl.[CH3-].[V+2]. The maximum Gasteiger partial charge on any atom is 2.00 e. The zero-order valence-electron chi connectivity index (χ0n) is 10.8. The van der Waals surface area contributed by atoms with E-state index in [4.69, 9.17) is 0 Å². The number of hydrogen-bond donors (Lipinski definition) is 0. The van der Waals surface area contributed by atoms with Crippen molar-refractivity contribution in [1.29, 1.82) is 0 Å². The van der Waals surface area contributed by atoms with Gasteiger partial charge in [0.05, 0.1) is 0 Å². The fourth-order valence-corrected chi connectivity index (χ4v) is 1.84. The van der Waals surface area contributed by atoms with Crippen LogP contribution in [0.2, 0.25) is 0 Å². The summed E-state index contributed by atoms with van der Waals surface area (Å²) in [7, 11) is 0. The van der Waals surface area contributed by atoms with Crippen molar-refractivity contribution >= 4 is 42.8 Å². The Labute approximate surface area is 141 Å². The molecule has 0 N–H and O–H groups in total. The molecule has 0 fully saturated rings. The number of hydrogen-bond acceptors (Lipinski definition) is 0. The molecule has 0 saturated carbocycles. The molecule has 0 spiro atoms. The van der Waals surface area contributed by atoms with Crippen LogP contribution >= 0.6 is 37.2 Å². The van der Waals surface area contributed by atoms with Crippen LogP contribution in [0.1, 0.15) is 23.1 Å². The summed E-state index contributed by atoms with van der Waals surface area (Å²) >= 11 is 0. The van der Waals surface area contributed by atoms with Gasteiger partial charge < -0.3 is 7.43 Å². The summed E-state index contributed by atoms with van der Waals surface area (Å²) in [6, 6.07) is 6.43. The monoisotopic (exact) mass is 343 g/mol. The number of halogens is 3. The third kappa shape index (κ3) is 5.86. The van der Waals surface area contributed by atoms with Gasteiger partial charge in [-0.05, 0) is 13.8 Å². The molecule has 0 atom stereocenters. The maximum absolute atomic E-state index is 3.21. The van der Waals surface area contributed by atoms with Gasteiger partial charge in [0, 0.05) is 0 Å². The Bertz CT molecular complexity index is 378. The van der Waals surface area contributed by atoms with Gasteiger partial charge in [0.1, 0.15) is 0 Å². The van der Waals surface area contributed by atoms with Crippen molar-refractivity contribution in [2.75, 3.05) is 0 Å². The van der Waals surface area contributed by atoms with Crippen molar-refractivity contribution in [3.05, 3.63) is 60.5 Å². The molecule has 101 valence electrons. The molecule has 4 heteroatoms. The zero-order valence-corrected chi connectivity index (χ0v) is 14.6. The zero-order chi connectivity index (χ0) is 9.26. The standard InChI is InChI=1S/C13H13.CH3.3ClH.V/c1-10-6-5-7-11(2)13(10)12-8-3-4-9-12;;;;;/h5-9H,3H2,1-2H3;1H3;3*1H;/q2*-1;;;;+2. The molecule has 0 amide bonds. The molecule has 0 heterocycles. The number of aryl methyl sites for hydroxylation is 2. The molecule has 1 aliphatic rings. The van der Waals surface area contributed by atoms with Gasteiger partial charge in [0.2, 0.25) is 0 Å². The molecule has 18 heavy (non-hydrogen) atoms. The van der Waals surface area contributed by atoms with E-state index in [0.29, 0.717) is 0 Å². The van der Waals surface area contributed by atoms with Crippen molar-refractivity contribution in [3.63, 3.8) is 0 Å². The predicted octanol–water partition coefficient (Wildman–Crippen LogP) is 5.16. The normalized spacial score (nSPS) is 10.7. The number of rotatable bonds is 1. The van der Waals surface area contributed by atoms with E-state index < -0.39 is 0 Å². The molecule has 2 rings (SSSR count). The molecule has 1 radical (unpaired) electrons. The minimum absolute atomic E-state index is 0. The van der Waals surface area contributed by atoms with Crippen LogP contribution in [-0.4, -0.2) is 0 Å². The number of allylic oxidation sites excluding steroid dienone is 4. The van der Waals surface area contributed by atoms with E-state index in [1.54, 1.807) is 0 Å². The average molecular weight is 345 g/mol. The van der Waals surface area contributed by atoms with E-state index in [1.807, 2.05) is 0 Å². The van der Waals surface area contributed by atoms with Crippen LogP contribution in [0.4, 0.5) is 0 Å². The van der Waals surface area contributed by atoms with Crippen LogP contribution in [0.3, 0.4) is 0 Å². The fraction of sp³-hybridized carbons (Fsp3) is 0.214. The molecular formula is C14H19Cl3V. The minimum Gasteiger partial charge on any atom is -0.358 e. The summed E-state index contributed by atoms with van der Waals surface area (Å²) in [5.74, 6) is 0. The van der Waals surface area contributed by atoms with Gasteiger partial charge in [0.15, 0.2) is 0 Å². The van der Waals surface area contributed by atoms with Crippen molar-refractivity contribution in [2.45, 2.75) is 20.3 Å². The van der Waals surface area contributed by atoms with Crippen molar-refractivity contribution in [1.82, 2.24) is 0 Å². The van der Waals surface area contributed by atoms with Crippen LogP contribution in [0.25, 0.3) is 5.57 Å². The molecule has 0 bridgehead atoms. The molecular weight excluding hydrogens is 325 g/mol. The first-order valence-electron chi connectivity index (χ1n) is 4.62. The molecule has 1 aliphatic carbocycles. The van der Waals surface area contributed by atoms with Crippen LogP contribution in [0.15, 0.2) is 30.4 Å². The Morgan fingerprint density at radius 3 is 1.89 bits per heavy atom. The van der Waals surface area contributed by atoms with Gasteiger partial charge in [-0.1, -0.05) is 34.9 Å². The first-order chi connectivity index (χ1) is 6.29. The van der Waals surface area contributed by atoms with E-state index >= 15 is 0 Å². The second kappa shape index (κ2) is 12.2. The van der Waals surface area contributed by atoms with Crippen LogP contribution < -0.4 is 0 Å². The Hall–Kier alpha value is 0.154. The second-order valence-corrected chi connectivity index (χ2v) is 3.48. The number of benzene rings is 1. The summed E-state index contributed by atoms with van der Waals surface area (Å²) in [5.41, 5.74) is 5.42. The second-order valence-electron chi connectivity index (χ2n) is 3.48. The van der Waals surface area contributed by atoms with Gasteiger partial charge >= 0.3 is 18.6 Å². The molecule has 0 aromatic heterocycles. The van der Waals surface area contributed by atoms with Crippen molar-refractivity contribution < 1.29 is 18.6 Å². The Balaban J connectivity index is -0.000000196. The molecule has 0 saturated heterocycles. The molecule has 0 unspecified atom stereocenters. The Morgan fingerprint density at radius 2 is 1.50 bits per heavy atom. The first-order valence-corrected chi connectivity index (χ1v) is 4.62. The van der Waals surface area contributed by atoms with Crippen molar-refractivity contribution in [2.24, 2.45) is 0 Å². The average Bonchev–Trinajstić information content (AvgIpc) is 2.57. The molecule has 0 aliphatic heterocycles. The summed E-state index contributed by atoms with van der Waals surface area (Å²) < 4.78 is 0. The summed E-state index contributed by atoms with van der Waals surface area (Å²) in [6.07, 6.45) is 8.49. The third-order valence-electron chi connectivity index (χ3n) is 2.47. The fourth-order valence-electron chi connectivity index (χ4n) is 1.84. The van der Waals surface area contributed by atoms with Gasteiger partial charge in [-0.3, -0.25) is 6.08 Å². The topological polar surface area (TPSA) is 0 Å². The van der Waals surface area contributed by atoms with Crippen molar-refractivity contribution in [3.8, 4) is 0 Å². The molecule has 0 nitrogen and oxygen atoms in total. The largest absolute Gasteiger partial charge is 2.00 e. The molecule has 1 aromatic carbocycles. The predicted molar refractivity (Wildman–Crippen MR) is 84.5 cm³/mol. The Morgan fingerprint density at radius 1 is 1.00 bits per heavy atom. The van der Waals surface area contributed by atoms with E-state index in [2.05, 4.69) is 50.3 Å². The maximum atomic E-state index is 3.21. The smallest absolute Gasteiger partial charge is 0.358 e. The first kappa shape index (κ1) is 26.7. The minimum atomic E-state index is 0. The van der Waals surface area contributed by atoms with E-state index in [1.165, 1.54) is 22.3 Å². The van der Waals surface area contributed by atoms with Crippen LogP contribution in [-0.2, 0) is 18.6 Å². The van der Waals surface area contributed by atoms with Gasteiger partial charge in [-0.2, -0.15) is 11.6 Å². The van der Waals surface area contributed by atoms with Crippen LogP contribution in [0, 0.1) is 27.4 Å². The van der Waals surface area contributed by atoms with E-state index in [0.717, 1.165) is 6.42 Å². The van der Waals surface area contributed by atoms with Gasteiger partial charge in [-0.15, -0.1) is 43.6 Å². The molecule has 1 aromatic rings.